The summed E-state index contributed by atoms with van der Waals surface area (Å²) in [6.07, 6.45) is 1.63. The fraction of sp³-hybridized carbons (Fsp3) is 0.200. The van der Waals surface area contributed by atoms with Crippen LogP contribution in [0.1, 0.15) is 27.8 Å². The lowest BCUT2D eigenvalue weighted by Crippen LogP contribution is -2.15. The van der Waals surface area contributed by atoms with Crippen molar-refractivity contribution in [1.82, 2.24) is 0 Å². The van der Waals surface area contributed by atoms with Crippen molar-refractivity contribution in [1.29, 1.82) is 5.26 Å². The fourth-order valence-corrected chi connectivity index (χ4v) is 2.61. The number of amides is 1. The largest absolute Gasteiger partial charge is 0.321 e. The third kappa shape index (κ3) is 3.87. The molecule has 0 aliphatic heterocycles. The number of hydrogen-bond acceptors (Lipinski definition) is 2. The minimum Gasteiger partial charge on any atom is -0.321 e. The van der Waals surface area contributed by atoms with Crippen molar-refractivity contribution in [2.75, 3.05) is 5.32 Å². The Bertz CT molecular complexity index is 803. The average Bonchev–Trinajstić information content (AvgIpc) is 2.49. The van der Waals surface area contributed by atoms with E-state index in [0.717, 1.165) is 33.5 Å². The van der Waals surface area contributed by atoms with Crippen LogP contribution in [0.3, 0.4) is 0 Å². The zero-order valence-electron chi connectivity index (χ0n) is 13.9. The van der Waals surface area contributed by atoms with Crippen molar-refractivity contribution in [2.24, 2.45) is 0 Å². The number of nitrogens with one attached hydrogen (secondary N) is 1. The number of aryl methyl sites for hydroxylation is 4. The molecule has 116 valence electrons. The Labute approximate surface area is 137 Å². The third-order valence-electron chi connectivity index (χ3n) is 3.77. The smallest absolute Gasteiger partial charge is 0.266 e. The molecule has 2 aromatic carbocycles. The van der Waals surface area contributed by atoms with Gasteiger partial charge in [0, 0.05) is 5.69 Å². The molecule has 0 heterocycles. The lowest BCUT2D eigenvalue weighted by molar-refractivity contribution is -0.112. The van der Waals surface area contributed by atoms with Gasteiger partial charge in [-0.05, 0) is 56.0 Å². The number of hydrogen-bond donors (Lipinski definition) is 1. The summed E-state index contributed by atoms with van der Waals surface area (Å²) in [7, 11) is 0. The Balaban J connectivity index is 2.33. The van der Waals surface area contributed by atoms with Crippen molar-refractivity contribution < 1.29 is 4.79 Å². The van der Waals surface area contributed by atoms with Gasteiger partial charge in [0.15, 0.2) is 0 Å². The van der Waals surface area contributed by atoms with Crippen molar-refractivity contribution >= 4 is 17.7 Å². The van der Waals surface area contributed by atoms with E-state index in [0.29, 0.717) is 0 Å². The summed E-state index contributed by atoms with van der Waals surface area (Å²) >= 11 is 0. The van der Waals surface area contributed by atoms with Crippen LogP contribution in [0, 0.1) is 39.0 Å². The molecule has 0 unspecified atom stereocenters. The van der Waals surface area contributed by atoms with Crippen LogP contribution in [0.25, 0.3) is 6.08 Å². The highest BCUT2D eigenvalue weighted by Gasteiger charge is 2.13. The number of rotatable bonds is 3. The number of nitriles is 1. The molecule has 2 rings (SSSR count). The maximum absolute atomic E-state index is 12.4. The van der Waals surface area contributed by atoms with Gasteiger partial charge in [-0.15, -0.1) is 0 Å². The lowest BCUT2D eigenvalue weighted by atomic mass is 10.0. The summed E-state index contributed by atoms with van der Waals surface area (Å²) in [4.78, 5) is 12.4. The van der Waals surface area contributed by atoms with Gasteiger partial charge in [0.1, 0.15) is 11.6 Å². The van der Waals surface area contributed by atoms with Gasteiger partial charge in [-0.1, -0.05) is 42.0 Å². The van der Waals surface area contributed by atoms with Crippen LogP contribution in [-0.4, -0.2) is 5.91 Å². The number of carbonyl (C=O) groups excluding carboxylic acids is 1. The molecule has 2 aromatic rings. The summed E-state index contributed by atoms with van der Waals surface area (Å²) in [5.41, 5.74) is 5.89. The fourth-order valence-electron chi connectivity index (χ4n) is 2.61. The Morgan fingerprint density at radius 2 is 1.65 bits per heavy atom. The van der Waals surface area contributed by atoms with Gasteiger partial charge in [-0.3, -0.25) is 4.79 Å². The first kappa shape index (κ1) is 16.5. The quantitative estimate of drug-likeness (QED) is 0.672. The Morgan fingerprint density at radius 3 is 2.22 bits per heavy atom. The number of carbonyl (C=O) groups is 1. The van der Waals surface area contributed by atoms with Crippen LogP contribution < -0.4 is 5.32 Å². The molecule has 3 heteroatoms. The molecule has 0 aliphatic carbocycles. The molecule has 0 bridgehead atoms. The van der Waals surface area contributed by atoms with Gasteiger partial charge >= 0.3 is 0 Å². The van der Waals surface area contributed by atoms with E-state index in [2.05, 4.69) is 5.32 Å². The minimum absolute atomic E-state index is 0.0960. The highest BCUT2D eigenvalue weighted by atomic mass is 16.1. The summed E-state index contributed by atoms with van der Waals surface area (Å²) in [5.74, 6) is -0.384. The number of benzene rings is 2. The molecule has 0 atom stereocenters. The van der Waals surface area contributed by atoms with Crippen LogP contribution in [0.4, 0.5) is 5.69 Å². The van der Waals surface area contributed by atoms with Crippen LogP contribution in [-0.2, 0) is 4.79 Å². The summed E-state index contributed by atoms with van der Waals surface area (Å²) in [5, 5.41) is 12.2. The highest BCUT2D eigenvalue weighted by molar-refractivity contribution is 6.10. The second kappa shape index (κ2) is 6.93. The molecule has 0 aliphatic rings. The zero-order chi connectivity index (χ0) is 17.0. The van der Waals surface area contributed by atoms with Gasteiger partial charge in [0.05, 0.1) is 0 Å². The van der Waals surface area contributed by atoms with Crippen molar-refractivity contribution in [3.8, 4) is 6.07 Å². The topological polar surface area (TPSA) is 52.9 Å². The van der Waals surface area contributed by atoms with E-state index in [4.69, 9.17) is 0 Å². The van der Waals surface area contributed by atoms with E-state index in [1.807, 2.05) is 70.2 Å². The molecule has 0 saturated carbocycles. The molecule has 0 saturated heterocycles. The number of nitrogens with zero attached hydrogens (tertiary/aromatic N) is 1. The molecule has 0 fully saturated rings. The Kier molecular flexibility index (Phi) is 4.98. The second-order valence-corrected chi connectivity index (χ2v) is 5.75. The molecular formula is C20H20N2O. The molecule has 23 heavy (non-hydrogen) atoms. The monoisotopic (exact) mass is 304 g/mol. The van der Waals surface area contributed by atoms with E-state index in [9.17, 15) is 10.1 Å². The standard InChI is InChI=1S/C20H20N2O/c1-13-9-15(3)19(16(4)10-13)22-20(23)18(12-21)11-17-8-6-5-7-14(17)2/h5-11H,1-4H3,(H,22,23). The summed E-state index contributed by atoms with van der Waals surface area (Å²) < 4.78 is 0. The SMILES string of the molecule is Cc1cc(C)c(NC(=O)C(C#N)=Cc2ccccc2C)c(C)c1. The highest BCUT2D eigenvalue weighted by Crippen LogP contribution is 2.23. The predicted molar refractivity (Wildman–Crippen MR) is 94.1 cm³/mol. The third-order valence-corrected chi connectivity index (χ3v) is 3.77. The van der Waals surface area contributed by atoms with E-state index in [1.165, 1.54) is 0 Å². The number of anilines is 1. The molecule has 0 aromatic heterocycles. The minimum atomic E-state index is -0.384. The Morgan fingerprint density at radius 1 is 1.04 bits per heavy atom. The van der Waals surface area contributed by atoms with E-state index >= 15 is 0 Å². The first-order chi connectivity index (χ1) is 10.9. The molecule has 0 spiro atoms. The van der Waals surface area contributed by atoms with Crippen LogP contribution in [0.2, 0.25) is 0 Å². The first-order valence-electron chi connectivity index (χ1n) is 7.49. The van der Waals surface area contributed by atoms with Gasteiger partial charge in [-0.25, -0.2) is 0 Å². The summed E-state index contributed by atoms with van der Waals surface area (Å²) in [6, 6.07) is 13.7. The van der Waals surface area contributed by atoms with Crippen molar-refractivity contribution in [3.63, 3.8) is 0 Å². The molecule has 3 nitrogen and oxygen atoms in total. The molecule has 1 amide bonds. The summed E-state index contributed by atoms with van der Waals surface area (Å²) in [6.45, 7) is 7.87. The predicted octanol–water partition coefficient (Wildman–Crippen LogP) is 4.47. The van der Waals surface area contributed by atoms with E-state index < -0.39 is 0 Å². The van der Waals surface area contributed by atoms with Crippen LogP contribution >= 0.6 is 0 Å². The van der Waals surface area contributed by atoms with Crippen molar-refractivity contribution in [3.05, 3.63) is 69.8 Å². The van der Waals surface area contributed by atoms with E-state index in [1.54, 1.807) is 6.08 Å². The second-order valence-electron chi connectivity index (χ2n) is 5.75. The van der Waals surface area contributed by atoms with Gasteiger partial charge < -0.3 is 5.32 Å². The molecular weight excluding hydrogens is 284 g/mol. The average molecular weight is 304 g/mol. The first-order valence-corrected chi connectivity index (χ1v) is 7.49. The van der Waals surface area contributed by atoms with Gasteiger partial charge in [0.2, 0.25) is 0 Å². The normalized spacial score (nSPS) is 11.0. The van der Waals surface area contributed by atoms with Crippen LogP contribution in [0.5, 0.6) is 0 Å². The van der Waals surface area contributed by atoms with Gasteiger partial charge in [-0.2, -0.15) is 5.26 Å². The van der Waals surface area contributed by atoms with E-state index in [-0.39, 0.29) is 11.5 Å². The zero-order valence-corrected chi connectivity index (χ0v) is 13.9. The van der Waals surface area contributed by atoms with Crippen molar-refractivity contribution in [2.45, 2.75) is 27.7 Å². The van der Waals surface area contributed by atoms with Crippen LogP contribution in [0.15, 0.2) is 42.0 Å². The van der Waals surface area contributed by atoms with Gasteiger partial charge in [0.25, 0.3) is 5.91 Å². The maximum atomic E-state index is 12.4. The lowest BCUT2D eigenvalue weighted by Gasteiger charge is -2.12. The Hall–Kier alpha value is -2.86. The molecule has 0 radical (unpaired) electrons. The molecule has 1 N–H and O–H groups in total. The maximum Gasteiger partial charge on any atom is 0.266 e.